The molecule has 0 aliphatic rings. The Bertz CT molecular complexity index is 631. The highest BCUT2D eigenvalue weighted by Gasteiger charge is 2.36. The van der Waals surface area contributed by atoms with Gasteiger partial charge in [0, 0.05) is 0 Å². The highest BCUT2D eigenvalue weighted by atomic mass is 16.4. The third kappa shape index (κ3) is 2.60. The Hall–Kier alpha value is -2.09. The van der Waals surface area contributed by atoms with Gasteiger partial charge in [-0.1, -0.05) is 48.5 Å². The van der Waals surface area contributed by atoms with E-state index in [1.165, 1.54) is 0 Å². The third-order valence-corrected chi connectivity index (χ3v) is 4.02. The number of rotatable bonds is 4. The van der Waals surface area contributed by atoms with E-state index in [0.717, 1.165) is 22.3 Å². The monoisotopic (exact) mass is 268 g/mol. The van der Waals surface area contributed by atoms with Gasteiger partial charge in [-0.3, -0.25) is 4.79 Å². The summed E-state index contributed by atoms with van der Waals surface area (Å²) in [4.78, 5) is 11.9. The SMILES string of the molecule is Cc1ccccc1CC(C)(C(=O)O)c1ccccc1C. The third-order valence-electron chi connectivity index (χ3n) is 4.02. The molecule has 0 heterocycles. The van der Waals surface area contributed by atoms with Crippen LogP contribution in [-0.2, 0) is 16.6 Å². The van der Waals surface area contributed by atoms with Gasteiger partial charge in [-0.05, 0) is 49.4 Å². The molecule has 0 aliphatic heterocycles. The van der Waals surface area contributed by atoms with Crippen LogP contribution in [0.4, 0.5) is 0 Å². The van der Waals surface area contributed by atoms with E-state index in [2.05, 4.69) is 0 Å². The summed E-state index contributed by atoms with van der Waals surface area (Å²) in [5.74, 6) is -0.782. The van der Waals surface area contributed by atoms with E-state index in [4.69, 9.17) is 0 Å². The molecule has 0 fully saturated rings. The van der Waals surface area contributed by atoms with Crippen molar-refractivity contribution in [3.05, 3.63) is 70.8 Å². The van der Waals surface area contributed by atoms with Crippen molar-refractivity contribution in [2.24, 2.45) is 0 Å². The molecule has 0 saturated carbocycles. The van der Waals surface area contributed by atoms with Crippen LogP contribution >= 0.6 is 0 Å². The second kappa shape index (κ2) is 5.49. The lowest BCUT2D eigenvalue weighted by Gasteiger charge is -2.28. The Morgan fingerprint density at radius 3 is 2.10 bits per heavy atom. The van der Waals surface area contributed by atoms with Crippen LogP contribution in [0.1, 0.15) is 29.2 Å². The van der Waals surface area contributed by atoms with Crippen molar-refractivity contribution in [2.75, 3.05) is 0 Å². The molecular formula is C18H20O2. The molecule has 0 bridgehead atoms. The van der Waals surface area contributed by atoms with Crippen LogP contribution in [0.5, 0.6) is 0 Å². The Morgan fingerprint density at radius 2 is 1.55 bits per heavy atom. The van der Waals surface area contributed by atoms with Crippen molar-refractivity contribution in [3.63, 3.8) is 0 Å². The molecule has 0 amide bonds. The van der Waals surface area contributed by atoms with Gasteiger partial charge < -0.3 is 5.11 Å². The van der Waals surface area contributed by atoms with Gasteiger partial charge in [0.25, 0.3) is 0 Å². The zero-order valence-corrected chi connectivity index (χ0v) is 12.2. The summed E-state index contributed by atoms with van der Waals surface area (Å²) in [6, 6.07) is 15.7. The van der Waals surface area contributed by atoms with E-state index < -0.39 is 11.4 Å². The second-order valence-corrected chi connectivity index (χ2v) is 5.56. The maximum absolute atomic E-state index is 11.9. The van der Waals surface area contributed by atoms with Crippen molar-refractivity contribution in [2.45, 2.75) is 32.6 Å². The fourth-order valence-electron chi connectivity index (χ4n) is 2.67. The van der Waals surface area contributed by atoms with Gasteiger partial charge in [-0.2, -0.15) is 0 Å². The second-order valence-electron chi connectivity index (χ2n) is 5.56. The number of hydrogen-bond acceptors (Lipinski definition) is 1. The molecular weight excluding hydrogens is 248 g/mol. The predicted molar refractivity (Wildman–Crippen MR) is 81.0 cm³/mol. The quantitative estimate of drug-likeness (QED) is 0.913. The molecule has 2 rings (SSSR count). The van der Waals surface area contributed by atoms with Gasteiger partial charge in [0.1, 0.15) is 0 Å². The Labute approximate surface area is 120 Å². The van der Waals surface area contributed by atoms with E-state index in [0.29, 0.717) is 6.42 Å². The Balaban J connectivity index is 2.49. The molecule has 2 aromatic carbocycles. The summed E-state index contributed by atoms with van der Waals surface area (Å²) < 4.78 is 0. The molecule has 1 N–H and O–H groups in total. The zero-order valence-electron chi connectivity index (χ0n) is 12.2. The number of aliphatic carboxylic acids is 1. The first-order chi connectivity index (χ1) is 9.45. The average molecular weight is 268 g/mol. The maximum atomic E-state index is 11.9. The van der Waals surface area contributed by atoms with Crippen LogP contribution in [0, 0.1) is 13.8 Å². The van der Waals surface area contributed by atoms with Gasteiger partial charge in [-0.15, -0.1) is 0 Å². The summed E-state index contributed by atoms with van der Waals surface area (Å²) in [6.45, 7) is 5.80. The van der Waals surface area contributed by atoms with E-state index >= 15 is 0 Å². The van der Waals surface area contributed by atoms with Gasteiger partial charge in [0.05, 0.1) is 5.41 Å². The standard InChI is InChI=1S/C18H20O2/c1-13-8-4-6-10-15(13)12-18(3,17(19)20)16-11-7-5-9-14(16)2/h4-11H,12H2,1-3H3,(H,19,20). The Kier molecular flexibility index (Phi) is 3.93. The van der Waals surface area contributed by atoms with Crippen molar-refractivity contribution in [1.29, 1.82) is 0 Å². The smallest absolute Gasteiger partial charge is 0.314 e. The Morgan fingerprint density at radius 1 is 1.00 bits per heavy atom. The lowest BCUT2D eigenvalue weighted by molar-refractivity contribution is -0.143. The van der Waals surface area contributed by atoms with Gasteiger partial charge in [0.2, 0.25) is 0 Å². The molecule has 0 saturated heterocycles. The first-order valence-corrected chi connectivity index (χ1v) is 6.79. The van der Waals surface area contributed by atoms with E-state index in [1.807, 2.05) is 69.3 Å². The summed E-state index contributed by atoms with van der Waals surface area (Å²) in [5, 5.41) is 9.76. The van der Waals surface area contributed by atoms with E-state index in [9.17, 15) is 9.90 Å². The summed E-state index contributed by atoms with van der Waals surface area (Å²) in [7, 11) is 0. The lowest BCUT2D eigenvalue weighted by Crippen LogP contribution is -2.35. The molecule has 1 atom stereocenters. The maximum Gasteiger partial charge on any atom is 0.314 e. The van der Waals surface area contributed by atoms with Gasteiger partial charge >= 0.3 is 5.97 Å². The predicted octanol–water partition coefficient (Wildman–Crippen LogP) is 3.89. The largest absolute Gasteiger partial charge is 0.481 e. The van der Waals surface area contributed by atoms with Crippen molar-refractivity contribution in [1.82, 2.24) is 0 Å². The molecule has 20 heavy (non-hydrogen) atoms. The average Bonchev–Trinajstić information content (AvgIpc) is 2.41. The normalized spacial score (nSPS) is 13.8. The van der Waals surface area contributed by atoms with Crippen LogP contribution in [0.25, 0.3) is 0 Å². The molecule has 2 aromatic rings. The minimum atomic E-state index is -0.905. The fraction of sp³-hybridized carbons (Fsp3) is 0.278. The van der Waals surface area contributed by atoms with E-state index in [-0.39, 0.29) is 0 Å². The summed E-state index contributed by atoms with van der Waals surface area (Å²) >= 11 is 0. The minimum Gasteiger partial charge on any atom is -0.481 e. The number of benzene rings is 2. The topological polar surface area (TPSA) is 37.3 Å². The van der Waals surface area contributed by atoms with Crippen molar-refractivity contribution < 1.29 is 9.90 Å². The first kappa shape index (κ1) is 14.3. The molecule has 104 valence electrons. The first-order valence-electron chi connectivity index (χ1n) is 6.79. The van der Waals surface area contributed by atoms with Crippen LogP contribution in [0.2, 0.25) is 0 Å². The van der Waals surface area contributed by atoms with Gasteiger partial charge in [0.15, 0.2) is 0 Å². The number of carbonyl (C=O) groups is 1. The molecule has 0 aliphatic carbocycles. The zero-order chi connectivity index (χ0) is 14.8. The summed E-state index contributed by atoms with van der Waals surface area (Å²) in [6.07, 6.45) is 0.500. The number of aryl methyl sites for hydroxylation is 2. The summed E-state index contributed by atoms with van der Waals surface area (Å²) in [5.41, 5.74) is 3.22. The molecule has 0 spiro atoms. The lowest BCUT2D eigenvalue weighted by atomic mass is 9.75. The van der Waals surface area contributed by atoms with Crippen LogP contribution in [-0.4, -0.2) is 11.1 Å². The van der Waals surface area contributed by atoms with Crippen molar-refractivity contribution >= 4 is 5.97 Å². The molecule has 0 radical (unpaired) electrons. The number of hydrogen-bond donors (Lipinski definition) is 1. The van der Waals surface area contributed by atoms with E-state index in [1.54, 1.807) is 0 Å². The van der Waals surface area contributed by atoms with Crippen LogP contribution in [0.15, 0.2) is 48.5 Å². The molecule has 0 aromatic heterocycles. The van der Waals surface area contributed by atoms with Crippen molar-refractivity contribution in [3.8, 4) is 0 Å². The highest BCUT2D eigenvalue weighted by Crippen LogP contribution is 2.31. The molecule has 1 unspecified atom stereocenters. The molecule has 2 heteroatoms. The van der Waals surface area contributed by atoms with Gasteiger partial charge in [-0.25, -0.2) is 0 Å². The van der Waals surface area contributed by atoms with Crippen LogP contribution < -0.4 is 0 Å². The fourth-order valence-corrected chi connectivity index (χ4v) is 2.67. The number of carboxylic acid groups (broad SMARTS) is 1. The molecule has 2 nitrogen and oxygen atoms in total. The minimum absolute atomic E-state index is 0.500. The highest BCUT2D eigenvalue weighted by molar-refractivity contribution is 5.82. The number of carboxylic acids is 1. The van der Waals surface area contributed by atoms with Crippen LogP contribution in [0.3, 0.4) is 0 Å².